The van der Waals surface area contributed by atoms with Gasteiger partial charge in [-0.05, 0) is 37.1 Å². The zero-order valence-electron chi connectivity index (χ0n) is 29.6. The molecule has 0 saturated carbocycles. The maximum atomic E-state index is 13.3. The van der Waals surface area contributed by atoms with Crippen LogP contribution in [0.25, 0.3) is 0 Å². The Kier molecular flexibility index (Phi) is 17.9. The molecule has 2 aromatic rings. The number of aliphatic carboxylic acids is 6. The highest BCUT2D eigenvalue weighted by molar-refractivity contribution is 5.80. The topological polar surface area (TPSA) is 304 Å². The van der Waals surface area contributed by atoms with E-state index in [4.69, 9.17) is 4.74 Å². The molecule has 54 heavy (non-hydrogen) atoms. The molecule has 20 nitrogen and oxygen atoms in total. The summed E-state index contributed by atoms with van der Waals surface area (Å²) >= 11 is 0. The number of benzene rings is 2. The van der Waals surface area contributed by atoms with Crippen molar-refractivity contribution in [2.45, 2.75) is 25.9 Å². The van der Waals surface area contributed by atoms with Gasteiger partial charge in [-0.15, -0.1) is 0 Å². The SMILES string of the molecule is Cc1ccc(C(NCCNC(C(=O)O)c2ccc(C)cc2OC(=O)CN(CCN(CC(=O)O)CC(=O)O)CCN(CC(=O)O)CC(=O)O)C(=O)O)c(O)c1. The summed E-state index contributed by atoms with van der Waals surface area (Å²) in [5.41, 5.74) is 1.44. The molecule has 0 radical (unpaired) electrons. The number of nitrogens with one attached hydrogen (secondary N) is 2. The molecule has 296 valence electrons. The number of esters is 1. The average Bonchev–Trinajstić information content (AvgIpc) is 3.03. The number of carboxylic acids is 6. The summed E-state index contributed by atoms with van der Waals surface area (Å²) in [6.07, 6.45) is 0. The Labute approximate surface area is 309 Å². The van der Waals surface area contributed by atoms with Gasteiger partial charge in [0.25, 0.3) is 0 Å². The second-order valence-electron chi connectivity index (χ2n) is 12.3. The van der Waals surface area contributed by atoms with Crippen LogP contribution >= 0.6 is 0 Å². The van der Waals surface area contributed by atoms with Gasteiger partial charge in [0.05, 0.1) is 32.7 Å². The van der Waals surface area contributed by atoms with E-state index in [-0.39, 0.29) is 61.9 Å². The fourth-order valence-corrected chi connectivity index (χ4v) is 5.33. The third kappa shape index (κ3) is 15.9. The molecule has 0 spiro atoms. The molecule has 0 aliphatic rings. The van der Waals surface area contributed by atoms with Crippen molar-refractivity contribution >= 4 is 41.8 Å². The number of hydrogen-bond donors (Lipinski definition) is 9. The van der Waals surface area contributed by atoms with Crippen molar-refractivity contribution in [3.05, 3.63) is 58.7 Å². The predicted molar refractivity (Wildman–Crippen MR) is 186 cm³/mol. The fraction of sp³-hybridized carbons (Fsp3) is 0.441. The first-order valence-electron chi connectivity index (χ1n) is 16.4. The number of carbonyl (C=O) groups excluding carboxylic acids is 1. The number of aryl methyl sites for hydroxylation is 2. The number of hydrogen-bond acceptors (Lipinski definition) is 14. The van der Waals surface area contributed by atoms with Crippen molar-refractivity contribution < 1.29 is 74.0 Å². The van der Waals surface area contributed by atoms with Crippen molar-refractivity contribution in [3.63, 3.8) is 0 Å². The molecular formula is C34H45N5O15. The lowest BCUT2D eigenvalue weighted by atomic mass is 10.0. The van der Waals surface area contributed by atoms with Gasteiger partial charge in [0, 0.05) is 50.4 Å². The Morgan fingerprint density at radius 2 is 0.963 bits per heavy atom. The van der Waals surface area contributed by atoms with Crippen molar-refractivity contribution in [3.8, 4) is 11.5 Å². The minimum atomic E-state index is -1.46. The summed E-state index contributed by atoms with van der Waals surface area (Å²) in [6, 6.07) is 6.15. The van der Waals surface area contributed by atoms with Crippen molar-refractivity contribution in [1.29, 1.82) is 0 Å². The molecule has 2 unspecified atom stereocenters. The molecule has 0 bridgehead atoms. The lowest BCUT2D eigenvalue weighted by Crippen LogP contribution is -2.46. The first-order valence-corrected chi connectivity index (χ1v) is 16.4. The van der Waals surface area contributed by atoms with E-state index in [0.29, 0.717) is 11.1 Å². The van der Waals surface area contributed by atoms with Gasteiger partial charge in [0.1, 0.15) is 23.6 Å². The highest BCUT2D eigenvalue weighted by Crippen LogP contribution is 2.28. The Morgan fingerprint density at radius 3 is 1.37 bits per heavy atom. The normalized spacial score (nSPS) is 12.4. The standard InChI is InChI=1S/C34H45N5O15/c1-20-3-5-22(24(40)13-20)31(33(50)51)35-7-8-36-32(34(52)53)23-6-4-21(2)14-25(23)54-30(49)19-37(9-11-38(15-26(41)42)16-27(43)44)10-12-39(17-28(45)46)18-29(47)48/h3-6,13-14,31-32,35-36,40H,7-12,15-19H2,1-2H3,(H,41,42)(H,43,44)(H,45,46)(H,47,48)(H,50,51)(H,52,53). The van der Waals surface area contributed by atoms with Crippen LogP contribution in [0.4, 0.5) is 0 Å². The Bertz CT molecular complexity index is 1600. The van der Waals surface area contributed by atoms with E-state index in [1.54, 1.807) is 26.0 Å². The van der Waals surface area contributed by atoms with Crippen LogP contribution in [-0.2, 0) is 33.6 Å². The molecule has 0 heterocycles. The molecule has 0 aromatic heterocycles. The van der Waals surface area contributed by atoms with Crippen LogP contribution in [-0.4, -0.2) is 164 Å². The quantitative estimate of drug-likeness (QED) is 0.0325. The van der Waals surface area contributed by atoms with Crippen molar-refractivity contribution in [2.75, 3.05) is 72.0 Å². The van der Waals surface area contributed by atoms with Crippen LogP contribution in [0.1, 0.15) is 34.3 Å². The number of ether oxygens (including phenoxy) is 1. The number of aromatic hydroxyl groups is 1. The molecule has 2 aromatic carbocycles. The Hall–Kier alpha value is -5.67. The number of phenolic OH excluding ortho intramolecular Hbond substituents is 1. The first-order chi connectivity index (χ1) is 25.4. The maximum Gasteiger partial charge on any atom is 0.325 e. The van der Waals surface area contributed by atoms with Gasteiger partial charge in [0.15, 0.2) is 0 Å². The molecule has 2 atom stereocenters. The fourth-order valence-electron chi connectivity index (χ4n) is 5.33. The third-order valence-corrected chi connectivity index (χ3v) is 7.77. The molecule has 0 fully saturated rings. The number of carbonyl (C=O) groups is 7. The smallest absolute Gasteiger partial charge is 0.325 e. The van der Waals surface area contributed by atoms with E-state index in [9.17, 15) is 69.3 Å². The molecule has 2 rings (SSSR count). The Balaban J connectivity index is 2.25. The highest BCUT2D eigenvalue weighted by atomic mass is 16.5. The van der Waals surface area contributed by atoms with Gasteiger partial charge in [-0.2, -0.15) is 0 Å². The van der Waals surface area contributed by atoms with Crippen LogP contribution in [0.3, 0.4) is 0 Å². The van der Waals surface area contributed by atoms with Crippen molar-refractivity contribution in [1.82, 2.24) is 25.3 Å². The minimum absolute atomic E-state index is 0.0298. The molecule has 9 N–H and O–H groups in total. The summed E-state index contributed by atoms with van der Waals surface area (Å²) < 4.78 is 5.61. The lowest BCUT2D eigenvalue weighted by Gasteiger charge is -2.28. The Morgan fingerprint density at radius 1 is 0.574 bits per heavy atom. The van der Waals surface area contributed by atoms with Crippen molar-refractivity contribution in [2.24, 2.45) is 0 Å². The summed E-state index contributed by atoms with van der Waals surface area (Å²) in [7, 11) is 0. The first kappa shape index (κ1) is 44.5. The molecular weight excluding hydrogens is 718 g/mol. The van der Waals surface area contributed by atoms with E-state index in [0.717, 1.165) is 9.80 Å². The summed E-state index contributed by atoms with van der Waals surface area (Å²) in [5, 5.41) is 72.4. The molecule has 0 saturated heterocycles. The highest BCUT2D eigenvalue weighted by Gasteiger charge is 2.27. The number of phenols is 1. The zero-order valence-corrected chi connectivity index (χ0v) is 29.6. The monoisotopic (exact) mass is 763 g/mol. The summed E-state index contributed by atoms with van der Waals surface area (Å²) in [6.45, 7) is -0.507. The second-order valence-corrected chi connectivity index (χ2v) is 12.3. The molecule has 0 amide bonds. The molecule has 0 aliphatic heterocycles. The lowest BCUT2D eigenvalue weighted by molar-refractivity contribution is -0.143. The van der Waals surface area contributed by atoms with Crippen LogP contribution < -0.4 is 15.4 Å². The second kappa shape index (κ2) is 21.8. The molecule has 20 heteroatoms. The van der Waals surface area contributed by atoms with Crippen LogP contribution in [0.5, 0.6) is 11.5 Å². The van der Waals surface area contributed by atoms with Gasteiger partial charge in [-0.25, -0.2) is 0 Å². The van der Waals surface area contributed by atoms with Gasteiger partial charge in [-0.1, -0.05) is 24.3 Å². The number of rotatable bonds is 26. The minimum Gasteiger partial charge on any atom is -0.508 e. The summed E-state index contributed by atoms with van der Waals surface area (Å²) in [4.78, 5) is 86.4. The zero-order chi connectivity index (χ0) is 40.5. The largest absolute Gasteiger partial charge is 0.508 e. The molecule has 0 aliphatic carbocycles. The van der Waals surface area contributed by atoms with E-state index < -0.39 is 86.6 Å². The van der Waals surface area contributed by atoms with E-state index in [1.807, 2.05) is 0 Å². The van der Waals surface area contributed by atoms with Gasteiger partial charge >= 0.3 is 41.8 Å². The van der Waals surface area contributed by atoms with Gasteiger partial charge in [0.2, 0.25) is 0 Å². The number of nitrogens with zero attached hydrogens (tertiary/aromatic N) is 3. The average molecular weight is 764 g/mol. The van der Waals surface area contributed by atoms with Gasteiger partial charge in [-0.3, -0.25) is 58.9 Å². The number of carboxylic acid groups (broad SMARTS) is 6. The van der Waals surface area contributed by atoms with E-state index >= 15 is 0 Å². The van der Waals surface area contributed by atoms with Gasteiger partial charge < -0.3 is 40.5 Å². The predicted octanol–water partition coefficient (Wildman–Crippen LogP) is -0.710. The maximum absolute atomic E-state index is 13.3. The van der Waals surface area contributed by atoms with Crippen LogP contribution in [0.15, 0.2) is 36.4 Å². The summed E-state index contributed by atoms with van der Waals surface area (Å²) in [5.74, 6) is -9.19. The van der Waals surface area contributed by atoms with E-state index in [2.05, 4.69) is 10.6 Å². The third-order valence-electron chi connectivity index (χ3n) is 7.77. The van der Waals surface area contributed by atoms with Crippen LogP contribution in [0.2, 0.25) is 0 Å². The van der Waals surface area contributed by atoms with E-state index in [1.165, 1.54) is 29.2 Å². The van der Waals surface area contributed by atoms with Crippen LogP contribution in [0, 0.1) is 13.8 Å².